The number of carbonyl (C=O) groups excluding carboxylic acids is 1. The van der Waals surface area contributed by atoms with E-state index in [-0.39, 0.29) is 0 Å². The predicted molar refractivity (Wildman–Crippen MR) is 81.5 cm³/mol. The second kappa shape index (κ2) is 6.39. The van der Waals surface area contributed by atoms with Gasteiger partial charge in [0.15, 0.2) is 0 Å². The fourth-order valence-corrected chi connectivity index (χ4v) is 3.22. The van der Waals surface area contributed by atoms with Crippen LogP contribution in [0.1, 0.15) is 23.2 Å². The van der Waals surface area contributed by atoms with E-state index in [0.29, 0.717) is 11.5 Å². The molecule has 0 spiro atoms. The van der Waals surface area contributed by atoms with Gasteiger partial charge in [0.25, 0.3) is 0 Å². The standard InChI is InChI=1S/C14H20BrN3O/c1-18(9-10-3-2-6-17-8-10)13-5-4-11(14(16)19)7-12(13)15/h4-5,7,10,17H,2-3,6,8-9H2,1H3,(H2,16,19). The molecule has 0 radical (unpaired) electrons. The summed E-state index contributed by atoms with van der Waals surface area (Å²) in [4.78, 5) is 13.4. The van der Waals surface area contributed by atoms with Crippen molar-refractivity contribution in [2.24, 2.45) is 11.7 Å². The normalized spacial score (nSPS) is 19.2. The Labute approximate surface area is 122 Å². The van der Waals surface area contributed by atoms with E-state index in [1.54, 1.807) is 12.1 Å². The number of anilines is 1. The van der Waals surface area contributed by atoms with E-state index in [0.717, 1.165) is 29.8 Å². The van der Waals surface area contributed by atoms with Crippen LogP contribution in [0.25, 0.3) is 0 Å². The van der Waals surface area contributed by atoms with Crippen LogP contribution in [0.15, 0.2) is 22.7 Å². The van der Waals surface area contributed by atoms with Crippen LogP contribution in [-0.4, -0.2) is 32.6 Å². The van der Waals surface area contributed by atoms with E-state index in [4.69, 9.17) is 5.73 Å². The van der Waals surface area contributed by atoms with Crippen LogP contribution in [0.5, 0.6) is 0 Å². The van der Waals surface area contributed by atoms with E-state index in [9.17, 15) is 4.79 Å². The maximum atomic E-state index is 11.1. The number of primary amides is 1. The average Bonchev–Trinajstić information content (AvgIpc) is 2.39. The Morgan fingerprint density at radius 1 is 1.58 bits per heavy atom. The second-order valence-corrected chi connectivity index (χ2v) is 5.98. The van der Waals surface area contributed by atoms with E-state index in [2.05, 4.69) is 33.2 Å². The van der Waals surface area contributed by atoms with Gasteiger partial charge in [-0.3, -0.25) is 4.79 Å². The summed E-state index contributed by atoms with van der Waals surface area (Å²) in [6.07, 6.45) is 2.52. The number of nitrogens with two attached hydrogens (primary N) is 1. The van der Waals surface area contributed by atoms with Gasteiger partial charge in [0.05, 0.1) is 5.69 Å². The Balaban J connectivity index is 2.05. The summed E-state index contributed by atoms with van der Waals surface area (Å²) in [5.41, 5.74) is 6.90. The first kappa shape index (κ1) is 14.3. The van der Waals surface area contributed by atoms with Gasteiger partial charge < -0.3 is 16.0 Å². The van der Waals surface area contributed by atoms with Crippen molar-refractivity contribution in [1.29, 1.82) is 0 Å². The molecule has 1 atom stereocenters. The maximum Gasteiger partial charge on any atom is 0.248 e. The molecule has 104 valence electrons. The quantitative estimate of drug-likeness (QED) is 0.890. The van der Waals surface area contributed by atoms with E-state index >= 15 is 0 Å². The van der Waals surface area contributed by atoms with Crippen molar-refractivity contribution in [3.8, 4) is 0 Å². The summed E-state index contributed by atoms with van der Waals surface area (Å²) in [5, 5.41) is 3.43. The largest absolute Gasteiger partial charge is 0.373 e. The molecule has 19 heavy (non-hydrogen) atoms. The number of hydrogen-bond donors (Lipinski definition) is 2. The lowest BCUT2D eigenvalue weighted by molar-refractivity contribution is 0.100. The summed E-state index contributed by atoms with van der Waals surface area (Å²) in [7, 11) is 2.08. The van der Waals surface area contributed by atoms with Crippen molar-refractivity contribution in [1.82, 2.24) is 5.32 Å². The number of carbonyl (C=O) groups is 1. The van der Waals surface area contributed by atoms with Gasteiger partial charge in [-0.2, -0.15) is 0 Å². The highest BCUT2D eigenvalue weighted by atomic mass is 79.9. The monoisotopic (exact) mass is 325 g/mol. The Bertz CT molecular complexity index is 458. The number of benzene rings is 1. The third-order valence-electron chi connectivity index (χ3n) is 3.57. The van der Waals surface area contributed by atoms with Crippen LogP contribution in [-0.2, 0) is 0 Å². The molecule has 1 heterocycles. The SMILES string of the molecule is CN(CC1CCCNC1)c1ccc(C(N)=O)cc1Br. The number of piperidine rings is 1. The zero-order valence-corrected chi connectivity index (χ0v) is 12.7. The molecule has 2 rings (SSSR count). The van der Waals surface area contributed by atoms with Gasteiger partial charge in [0.1, 0.15) is 0 Å². The van der Waals surface area contributed by atoms with E-state index < -0.39 is 5.91 Å². The fourth-order valence-electron chi connectivity index (χ4n) is 2.54. The summed E-state index contributed by atoms with van der Waals surface area (Å²) in [5.74, 6) is 0.285. The number of nitrogens with zero attached hydrogens (tertiary/aromatic N) is 1. The third kappa shape index (κ3) is 3.70. The zero-order valence-electron chi connectivity index (χ0n) is 11.2. The zero-order chi connectivity index (χ0) is 13.8. The molecule has 5 heteroatoms. The Morgan fingerprint density at radius 2 is 2.37 bits per heavy atom. The summed E-state index contributed by atoms with van der Waals surface area (Å²) < 4.78 is 0.912. The van der Waals surface area contributed by atoms with Crippen molar-refractivity contribution < 1.29 is 4.79 Å². The summed E-state index contributed by atoms with van der Waals surface area (Å²) in [6.45, 7) is 3.24. The van der Waals surface area contributed by atoms with Gasteiger partial charge in [-0.05, 0) is 66.0 Å². The van der Waals surface area contributed by atoms with Crippen LogP contribution in [0.4, 0.5) is 5.69 Å². The highest BCUT2D eigenvalue weighted by Gasteiger charge is 2.16. The molecule has 1 aromatic carbocycles. The van der Waals surface area contributed by atoms with Crippen LogP contribution in [0, 0.1) is 5.92 Å². The molecule has 0 bridgehead atoms. The van der Waals surface area contributed by atoms with Crippen molar-refractivity contribution in [3.05, 3.63) is 28.2 Å². The minimum Gasteiger partial charge on any atom is -0.373 e. The average molecular weight is 326 g/mol. The molecule has 1 amide bonds. The Morgan fingerprint density at radius 3 is 2.95 bits per heavy atom. The number of amides is 1. The van der Waals surface area contributed by atoms with Crippen LogP contribution in [0.3, 0.4) is 0 Å². The van der Waals surface area contributed by atoms with Crippen LogP contribution < -0.4 is 16.0 Å². The molecular weight excluding hydrogens is 306 g/mol. The first-order valence-corrected chi connectivity index (χ1v) is 7.38. The molecule has 3 N–H and O–H groups in total. The minimum atomic E-state index is -0.397. The first-order valence-electron chi connectivity index (χ1n) is 6.59. The molecule has 1 fully saturated rings. The first-order chi connectivity index (χ1) is 9.08. The summed E-state index contributed by atoms with van der Waals surface area (Å²) >= 11 is 3.52. The number of nitrogens with one attached hydrogen (secondary N) is 1. The minimum absolute atomic E-state index is 0.397. The van der Waals surface area contributed by atoms with Crippen molar-refractivity contribution in [2.75, 3.05) is 31.6 Å². The lowest BCUT2D eigenvalue weighted by Crippen LogP contribution is -2.37. The fraction of sp³-hybridized carbons (Fsp3) is 0.500. The molecule has 1 aliphatic heterocycles. The number of halogens is 1. The lowest BCUT2D eigenvalue weighted by Gasteiger charge is -2.29. The number of hydrogen-bond acceptors (Lipinski definition) is 3. The molecule has 1 unspecified atom stereocenters. The molecule has 0 aliphatic carbocycles. The van der Waals surface area contributed by atoms with Crippen molar-refractivity contribution >= 4 is 27.5 Å². The van der Waals surface area contributed by atoms with Gasteiger partial charge in [-0.15, -0.1) is 0 Å². The molecular formula is C14H20BrN3O. The molecule has 4 nitrogen and oxygen atoms in total. The van der Waals surface area contributed by atoms with Crippen molar-refractivity contribution in [2.45, 2.75) is 12.8 Å². The van der Waals surface area contributed by atoms with Crippen LogP contribution in [0.2, 0.25) is 0 Å². The molecule has 1 saturated heterocycles. The molecule has 0 saturated carbocycles. The van der Waals surface area contributed by atoms with Gasteiger partial charge in [-0.1, -0.05) is 0 Å². The highest BCUT2D eigenvalue weighted by molar-refractivity contribution is 9.10. The lowest BCUT2D eigenvalue weighted by atomic mass is 9.99. The molecule has 0 aromatic heterocycles. The van der Waals surface area contributed by atoms with Gasteiger partial charge in [-0.25, -0.2) is 0 Å². The summed E-state index contributed by atoms with van der Waals surface area (Å²) in [6, 6.07) is 5.51. The Hall–Kier alpha value is -1.07. The molecule has 1 aromatic rings. The predicted octanol–water partition coefficient (Wildman–Crippen LogP) is 1.98. The Kier molecular flexibility index (Phi) is 4.82. The smallest absolute Gasteiger partial charge is 0.248 e. The number of rotatable bonds is 4. The van der Waals surface area contributed by atoms with Gasteiger partial charge in [0, 0.05) is 23.6 Å². The van der Waals surface area contributed by atoms with Gasteiger partial charge in [0.2, 0.25) is 5.91 Å². The molecule has 1 aliphatic rings. The van der Waals surface area contributed by atoms with Gasteiger partial charge >= 0.3 is 0 Å². The highest BCUT2D eigenvalue weighted by Crippen LogP contribution is 2.27. The van der Waals surface area contributed by atoms with Crippen molar-refractivity contribution in [3.63, 3.8) is 0 Å². The maximum absolute atomic E-state index is 11.1. The topological polar surface area (TPSA) is 58.4 Å². The van der Waals surface area contributed by atoms with Crippen LogP contribution >= 0.6 is 15.9 Å². The van der Waals surface area contributed by atoms with E-state index in [1.807, 2.05) is 6.07 Å². The van der Waals surface area contributed by atoms with E-state index in [1.165, 1.54) is 12.8 Å². The third-order valence-corrected chi connectivity index (χ3v) is 4.21. The second-order valence-electron chi connectivity index (χ2n) is 5.12.